The summed E-state index contributed by atoms with van der Waals surface area (Å²) in [6.45, 7) is 6.06. The van der Waals surface area contributed by atoms with Crippen LogP contribution in [0.5, 0.6) is 5.75 Å². The van der Waals surface area contributed by atoms with Gasteiger partial charge in [-0.25, -0.2) is 8.78 Å². The van der Waals surface area contributed by atoms with E-state index in [4.69, 9.17) is 4.74 Å². The van der Waals surface area contributed by atoms with Gasteiger partial charge in [0.25, 0.3) is 0 Å². The molecule has 0 aromatic heterocycles. The fraction of sp³-hybridized carbons (Fsp3) is 0.500. The van der Waals surface area contributed by atoms with Crippen LogP contribution in [0, 0.1) is 25.5 Å². The summed E-state index contributed by atoms with van der Waals surface area (Å²) in [4.78, 5) is 54.2. The molecule has 43 heavy (non-hydrogen) atoms. The van der Waals surface area contributed by atoms with Gasteiger partial charge in [0, 0.05) is 25.5 Å². The number of nitrogens with one attached hydrogen (secondary N) is 3. The van der Waals surface area contributed by atoms with Crippen LogP contribution in [-0.2, 0) is 25.6 Å². The number of aryl methyl sites for hydroxylation is 2. The number of amides is 4. The Morgan fingerprint density at radius 1 is 0.930 bits per heavy atom. The Morgan fingerprint density at radius 3 is 2.30 bits per heavy atom. The van der Waals surface area contributed by atoms with Crippen molar-refractivity contribution in [2.75, 3.05) is 26.2 Å². The third-order valence-corrected chi connectivity index (χ3v) is 7.31. The van der Waals surface area contributed by atoms with Crippen molar-refractivity contribution in [3.8, 4) is 5.75 Å². The van der Waals surface area contributed by atoms with Gasteiger partial charge in [-0.3, -0.25) is 19.2 Å². The molecule has 2 atom stereocenters. The molecule has 1 fully saturated rings. The molecule has 1 aliphatic rings. The summed E-state index contributed by atoms with van der Waals surface area (Å²) in [5, 5.41) is 8.17. The average Bonchev–Trinajstić information content (AvgIpc) is 2.94. The first kappa shape index (κ1) is 33.5. The maximum absolute atomic E-state index is 13.9. The molecule has 1 heterocycles. The molecule has 0 saturated carbocycles. The molecule has 3 rings (SSSR count). The number of carbonyl (C=O) groups is 4. The minimum absolute atomic E-state index is 0.127. The number of hydrogen-bond donors (Lipinski definition) is 3. The van der Waals surface area contributed by atoms with E-state index < -0.39 is 35.5 Å². The summed E-state index contributed by atoms with van der Waals surface area (Å²) >= 11 is 0. The summed E-state index contributed by atoms with van der Waals surface area (Å²) < 4.78 is 33.9. The lowest BCUT2D eigenvalue weighted by atomic mass is 10.0. The predicted molar refractivity (Wildman–Crippen MR) is 158 cm³/mol. The van der Waals surface area contributed by atoms with Gasteiger partial charge in [0.2, 0.25) is 23.6 Å². The zero-order valence-corrected chi connectivity index (χ0v) is 25.1. The van der Waals surface area contributed by atoms with Crippen LogP contribution in [0.2, 0.25) is 0 Å². The highest BCUT2D eigenvalue weighted by Crippen LogP contribution is 2.22. The van der Waals surface area contributed by atoms with Crippen molar-refractivity contribution in [1.29, 1.82) is 0 Å². The molecular formula is C32H42F2N4O5. The summed E-state index contributed by atoms with van der Waals surface area (Å²) in [7, 11) is 0. The number of halogens is 2. The molecule has 0 aliphatic carbocycles. The third kappa shape index (κ3) is 10.6. The molecule has 0 bridgehead atoms. The van der Waals surface area contributed by atoms with E-state index in [1.807, 2.05) is 39.0 Å². The van der Waals surface area contributed by atoms with Gasteiger partial charge in [0.05, 0.1) is 13.1 Å². The van der Waals surface area contributed by atoms with Crippen LogP contribution in [-0.4, -0.2) is 66.9 Å². The normalized spacial score (nSPS) is 19.1. The Bertz CT molecular complexity index is 1250. The largest absolute Gasteiger partial charge is 0.491 e. The Labute approximate surface area is 251 Å². The van der Waals surface area contributed by atoms with Crippen LogP contribution < -0.4 is 20.7 Å². The maximum atomic E-state index is 13.9. The Kier molecular flexibility index (Phi) is 12.9. The molecule has 4 amide bonds. The number of ether oxygens (including phenoxy) is 1. The van der Waals surface area contributed by atoms with Crippen LogP contribution in [0.4, 0.5) is 8.78 Å². The van der Waals surface area contributed by atoms with E-state index >= 15 is 0 Å². The van der Waals surface area contributed by atoms with E-state index in [9.17, 15) is 28.0 Å². The lowest BCUT2D eigenvalue weighted by Gasteiger charge is -2.26. The maximum Gasteiger partial charge on any atom is 0.243 e. The third-order valence-electron chi connectivity index (χ3n) is 7.31. The molecular weight excluding hydrogens is 558 g/mol. The smallest absolute Gasteiger partial charge is 0.243 e. The van der Waals surface area contributed by atoms with Gasteiger partial charge in [-0.2, -0.15) is 0 Å². The van der Waals surface area contributed by atoms with Crippen molar-refractivity contribution in [1.82, 2.24) is 20.9 Å². The molecule has 0 spiro atoms. The van der Waals surface area contributed by atoms with E-state index in [1.165, 1.54) is 4.90 Å². The van der Waals surface area contributed by atoms with Crippen molar-refractivity contribution < 1.29 is 32.7 Å². The Balaban J connectivity index is 1.82. The lowest BCUT2D eigenvalue weighted by Crippen LogP contribution is -2.55. The number of rotatable bonds is 9. The Morgan fingerprint density at radius 2 is 1.63 bits per heavy atom. The van der Waals surface area contributed by atoms with Gasteiger partial charge in [-0.1, -0.05) is 38.0 Å². The topological polar surface area (TPSA) is 117 Å². The number of para-hydroxylation sites is 1. The molecule has 3 N–H and O–H groups in total. The molecule has 11 heteroatoms. The highest BCUT2D eigenvalue weighted by molar-refractivity contribution is 5.93. The fourth-order valence-corrected chi connectivity index (χ4v) is 5.01. The van der Waals surface area contributed by atoms with E-state index in [-0.39, 0.29) is 49.9 Å². The summed E-state index contributed by atoms with van der Waals surface area (Å²) in [6.07, 6.45) is 2.84. The van der Waals surface area contributed by atoms with Gasteiger partial charge in [0.1, 0.15) is 36.1 Å². The molecule has 1 saturated heterocycles. The molecule has 2 aromatic carbocycles. The monoisotopic (exact) mass is 600 g/mol. The minimum Gasteiger partial charge on any atom is -0.491 e. The second-order valence-corrected chi connectivity index (χ2v) is 10.9. The van der Waals surface area contributed by atoms with Crippen LogP contribution in [0.25, 0.3) is 0 Å². The number of nitrogens with zero attached hydrogens (tertiary/aromatic N) is 1. The molecule has 0 radical (unpaired) electrons. The predicted octanol–water partition coefficient (Wildman–Crippen LogP) is 3.49. The fourth-order valence-electron chi connectivity index (χ4n) is 5.01. The number of unbranched alkanes of at least 4 members (excludes halogenated alkanes) is 1. The van der Waals surface area contributed by atoms with Gasteiger partial charge in [-0.05, 0) is 61.9 Å². The molecule has 2 aromatic rings. The van der Waals surface area contributed by atoms with Crippen LogP contribution in [0.1, 0.15) is 62.1 Å². The first-order chi connectivity index (χ1) is 20.6. The van der Waals surface area contributed by atoms with E-state index in [0.29, 0.717) is 44.0 Å². The molecule has 234 valence electrons. The van der Waals surface area contributed by atoms with Gasteiger partial charge >= 0.3 is 0 Å². The van der Waals surface area contributed by atoms with Gasteiger partial charge < -0.3 is 25.6 Å². The van der Waals surface area contributed by atoms with Crippen LogP contribution in [0.3, 0.4) is 0 Å². The second kappa shape index (κ2) is 16.6. The van der Waals surface area contributed by atoms with Crippen molar-refractivity contribution >= 4 is 23.6 Å². The first-order valence-electron chi connectivity index (χ1n) is 14.9. The summed E-state index contributed by atoms with van der Waals surface area (Å²) in [6, 6.07) is 6.56. The van der Waals surface area contributed by atoms with Crippen molar-refractivity contribution in [2.24, 2.45) is 0 Å². The first-order valence-corrected chi connectivity index (χ1v) is 14.9. The second-order valence-electron chi connectivity index (χ2n) is 10.9. The van der Waals surface area contributed by atoms with Gasteiger partial charge in [0.15, 0.2) is 0 Å². The van der Waals surface area contributed by atoms with Crippen molar-refractivity contribution in [3.05, 3.63) is 64.7 Å². The SMILES string of the molecule is CCCC[C@H]1NC(=O)[C@H](Cc2cc(F)cc(F)c2)NC(=O)CN(CCOc2c(C)cccc2C)C(=O)CCCCNC1=O. The number of hydrogen-bond acceptors (Lipinski definition) is 5. The van der Waals surface area contributed by atoms with Crippen molar-refractivity contribution in [3.63, 3.8) is 0 Å². The van der Waals surface area contributed by atoms with E-state index in [2.05, 4.69) is 16.0 Å². The average molecular weight is 601 g/mol. The van der Waals surface area contributed by atoms with Crippen molar-refractivity contribution in [2.45, 2.75) is 77.8 Å². The summed E-state index contributed by atoms with van der Waals surface area (Å²) in [5.41, 5.74) is 2.05. The molecule has 0 unspecified atom stereocenters. The zero-order valence-electron chi connectivity index (χ0n) is 25.1. The number of benzene rings is 2. The van der Waals surface area contributed by atoms with Crippen LogP contribution >= 0.6 is 0 Å². The van der Waals surface area contributed by atoms with Gasteiger partial charge in [-0.15, -0.1) is 0 Å². The molecule has 9 nitrogen and oxygen atoms in total. The van der Waals surface area contributed by atoms with E-state index in [1.54, 1.807) is 0 Å². The number of carbonyl (C=O) groups excluding carboxylic acids is 4. The lowest BCUT2D eigenvalue weighted by molar-refractivity contribution is -0.137. The minimum atomic E-state index is -1.25. The zero-order chi connectivity index (χ0) is 31.4. The highest BCUT2D eigenvalue weighted by atomic mass is 19.1. The molecule has 1 aliphatic heterocycles. The standard InChI is InChI=1S/C32H42F2N4O5/c1-4-5-11-26-31(41)35-13-7-6-12-29(40)38(14-15-43-30-21(2)9-8-10-22(30)3)20-28(39)36-27(32(42)37-26)18-23-16-24(33)19-25(34)17-23/h8-10,16-17,19,26-27H,4-7,11-15,18,20H2,1-3H3,(H,35,41)(H,36,39)(H,37,42)/t26-,27+/m1/s1. The van der Waals surface area contributed by atoms with E-state index in [0.717, 1.165) is 29.7 Å². The van der Waals surface area contributed by atoms with Crippen LogP contribution in [0.15, 0.2) is 36.4 Å². The quantitative estimate of drug-likeness (QED) is 0.408. The Hall–Kier alpha value is -4.02. The highest BCUT2D eigenvalue weighted by Gasteiger charge is 2.28. The summed E-state index contributed by atoms with van der Waals surface area (Å²) in [5.74, 6) is -2.85.